The van der Waals surface area contributed by atoms with Gasteiger partial charge in [0.1, 0.15) is 0 Å². The third-order valence-corrected chi connectivity index (χ3v) is 15.9. The highest BCUT2D eigenvalue weighted by Gasteiger charge is 2.44. The van der Waals surface area contributed by atoms with E-state index in [0.29, 0.717) is 11.3 Å². The molecular weight excluding hydrogens is 604 g/mol. The molecule has 0 spiro atoms. The van der Waals surface area contributed by atoms with Gasteiger partial charge in [-0.1, -0.05) is 183 Å². The van der Waals surface area contributed by atoms with Gasteiger partial charge < -0.3 is 0 Å². The Balaban J connectivity index is 1.32. The quantitative estimate of drug-likeness (QED) is 0.127. The van der Waals surface area contributed by atoms with Gasteiger partial charge in [-0.3, -0.25) is 4.44 Å². The van der Waals surface area contributed by atoms with E-state index in [0.717, 1.165) is 6.54 Å². The molecule has 0 N–H and O–H groups in total. The molecule has 0 amide bonds. The van der Waals surface area contributed by atoms with Crippen molar-refractivity contribution in [2.24, 2.45) is 0 Å². The van der Waals surface area contributed by atoms with Crippen LogP contribution in [0.3, 0.4) is 0 Å². The van der Waals surface area contributed by atoms with Gasteiger partial charge in [-0.25, -0.2) is 0 Å². The van der Waals surface area contributed by atoms with Gasteiger partial charge in [0.2, 0.25) is 0 Å². The molecule has 2 atom stereocenters. The minimum atomic E-state index is -0.693. The molecule has 1 aliphatic rings. The Kier molecular flexibility index (Phi) is 10.4. The second-order valence-electron chi connectivity index (χ2n) is 12.4. The molecule has 1 heterocycles. The first kappa shape index (κ1) is 31.7. The van der Waals surface area contributed by atoms with Crippen molar-refractivity contribution in [1.29, 1.82) is 0 Å². The standard InChI is InChI=1S/C44H43NP2/c1-2-3-34-45(46(41-20-12-6-13-21-41)42-22-14-7-15-23-42)47-43(39-28-24-37(25-29-39)35-16-8-4-9-17-35)32-33-44(47)40-30-26-38(27-31-40)36-18-10-5-11-19-36/h4-31,43-44H,2-3,32-34H2,1H3/t43-,44-/m0/s1. The summed E-state index contributed by atoms with van der Waals surface area (Å²) < 4.78 is 3.03. The maximum Gasteiger partial charge on any atom is 0.0318 e. The van der Waals surface area contributed by atoms with E-state index in [9.17, 15) is 0 Å². The van der Waals surface area contributed by atoms with Crippen molar-refractivity contribution < 1.29 is 0 Å². The zero-order chi connectivity index (χ0) is 31.8. The van der Waals surface area contributed by atoms with Gasteiger partial charge in [-0.15, -0.1) is 0 Å². The molecule has 0 aromatic heterocycles. The Morgan fingerprint density at radius 2 is 0.851 bits per heavy atom. The number of rotatable bonds is 11. The summed E-state index contributed by atoms with van der Waals surface area (Å²) in [5.74, 6) is 0. The zero-order valence-electron chi connectivity index (χ0n) is 27.2. The molecule has 6 aromatic carbocycles. The summed E-state index contributed by atoms with van der Waals surface area (Å²) in [4.78, 5) is 0. The number of hydrogen-bond acceptors (Lipinski definition) is 1. The predicted molar refractivity (Wildman–Crippen MR) is 206 cm³/mol. The number of nitrogens with zero attached hydrogens (tertiary/aromatic N) is 1. The molecule has 234 valence electrons. The summed E-state index contributed by atoms with van der Waals surface area (Å²) in [6.45, 7) is 3.46. The van der Waals surface area contributed by atoms with Crippen LogP contribution in [0.25, 0.3) is 22.3 Å². The van der Waals surface area contributed by atoms with Gasteiger partial charge in [0.05, 0.1) is 0 Å². The van der Waals surface area contributed by atoms with Crippen LogP contribution in [0.5, 0.6) is 0 Å². The molecular formula is C44H43NP2. The Labute approximate surface area is 284 Å². The van der Waals surface area contributed by atoms with Gasteiger partial charge in [0, 0.05) is 25.9 Å². The van der Waals surface area contributed by atoms with E-state index in [1.165, 1.54) is 69.7 Å². The molecule has 1 saturated heterocycles. The molecule has 1 fully saturated rings. The van der Waals surface area contributed by atoms with Crippen LogP contribution in [-0.2, 0) is 0 Å². The van der Waals surface area contributed by atoms with E-state index in [2.05, 4.69) is 181 Å². The van der Waals surface area contributed by atoms with Gasteiger partial charge >= 0.3 is 0 Å². The smallest absolute Gasteiger partial charge is 0.0318 e. The normalized spacial score (nSPS) is 16.6. The largest absolute Gasteiger partial charge is 0.251 e. The van der Waals surface area contributed by atoms with Crippen LogP contribution in [0, 0.1) is 0 Å². The molecule has 0 unspecified atom stereocenters. The van der Waals surface area contributed by atoms with Crippen LogP contribution in [0.4, 0.5) is 0 Å². The van der Waals surface area contributed by atoms with E-state index >= 15 is 0 Å². The fourth-order valence-electron chi connectivity index (χ4n) is 6.99. The fourth-order valence-corrected chi connectivity index (χ4v) is 14.5. The molecule has 0 bridgehead atoms. The van der Waals surface area contributed by atoms with E-state index < -0.39 is 16.1 Å². The van der Waals surface area contributed by atoms with Crippen molar-refractivity contribution in [2.75, 3.05) is 6.54 Å². The first-order valence-corrected chi connectivity index (χ1v) is 19.8. The second kappa shape index (κ2) is 15.4. The number of benzene rings is 6. The topological polar surface area (TPSA) is 3.24 Å². The third kappa shape index (κ3) is 7.20. The van der Waals surface area contributed by atoms with Crippen molar-refractivity contribution in [3.63, 3.8) is 0 Å². The van der Waals surface area contributed by atoms with E-state index in [1.807, 2.05) is 0 Å². The van der Waals surface area contributed by atoms with Crippen LogP contribution in [-0.4, -0.2) is 11.0 Å². The zero-order valence-corrected chi connectivity index (χ0v) is 29.0. The Morgan fingerprint density at radius 3 is 1.23 bits per heavy atom. The number of hydrogen-bond donors (Lipinski definition) is 0. The molecule has 47 heavy (non-hydrogen) atoms. The lowest BCUT2D eigenvalue weighted by Gasteiger charge is -2.42. The van der Waals surface area contributed by atoms with Crippen LogP contribution < -0.4 is 10.6 Å². The van der Waals surface area contributed by atoms with E-state index in [4.69, 9.17) is 0 Å². The molecule has 0 aliphatic carbocycles. The molecule has 1 aliphatic heterocycles. The van der Waals surface area contributed by atoms with Crippen LogP contribution in [0.2, 0.25) is 0 Å². The summed E-state index contributed by atoms with van der Waals surface area (Å²) in [6, 6.07) is 63.5. The van der Waals surface area contributed by atoms with Crippen molar-refractivity contribution in [3.8, 4) is 22.3 Å². The first-order valence-electron chi connectivity index (χ1n) is 17.1. The predicted octanol–water partition coefficient (Wildman–Crippen LogP) is 12.1. The maximum absolute atomic E-state index is 3.03. The highest BCUT2D eigenvalue weighted by Crippen LogP contribution is 2.76. The fraction of sp³-hybridized carbons (Fsp3) is 0.182. The minimum Gasteiger partial charge on any atom is -0.251 e. The summed E-state index contributed by atoms with van der Waals surface area (Å²) in [5, 5.41) is 2.91. The summed E-state index contributed by atoms with van der Waals surface area (Å²) in [7, 11) is -1.25. The van der Waals surface area contributed by atoms with E-state index in [-0.39, 0.29) is 0 Å². The van der Waals surface area contributed by atoms with Gasteiger partial charge in [-0.05, 0) is 71.3 Å². The van der Waals surface area contributed by atoms with Crippen molar-refractivity contribution >= 4 is 26.8 Å². The molecule has 6 aromatic rings. The summed E-state index contributed by atoms with van der Waals surface area (Å²) in [5.41, 5.74) is 9.18. The first-order chi connectivity index (χ1) is 23.3. The second-order valence-corrected chi connectivity index (χ2v) is 17.3. The average molecular weight is 648 g/mol. The van der Waals surface area contributed by atoms with Crippen LogP contribution in [0.15, 0.2) is 170 Å². The lowest BCUT2D eigenvalue weighted by molar-refractivity contribution is 0.632. The molecule has 0 saturated carbocycles. The van der Waals surface area contributed by atoms with E-state index in [1.54, 1.807) is 0 Å². The number of unbranched alkanes of at least 4 members (excludes halogenated alkanes) is 1. The van der Waals surface area contributed by atoms with Crippen LogP contribution >= 0.6 is 16.1 Å². The summed E-state index contributed by atoms with van der Waals surface area (Å²) >= 11 is 0. The maximum atomic E-state index is 3.03. The third-order valence-electron chi connectivity index (χ3n) is 9.37. The van der Waals surface area contributed by atoms with Gasteiger partial charge in [0.25, 0.3) is 0 Å². The highest BCUT2D eigenvalue weighted by molar-refractivity contribution is 7.79. The lowest BCUT2D eigenvalue weighted by atomic mass is 9.99. The Bertz CT molecular complexity index is 1680. The van der Waals surface area contributed by atoms with Gasteiger partial charge in [0.15, 0.2) is 0 Å². The average Bonchev–Trinajstić information content (AvgIpc) is 3.60. The van der Waals surface area contributed by atoms with Crippen molar-refractivity contribution in [1.82, 2.24) is 4.44 Å². The minimum absolute atomic E-state index is 0.517. The summed E-state index contributed by atoms with van der Waals surface area (Å²) in [6.07, 6.45) is 4.84. The molecule has 3 heteroatoms. The molecule has 0 radical (unpaired) electrons. The highest BCUT2D eigenvalue weighted by atomic mass is 31.2. The Hall–Kier alpha value is -3.86. The van der Waals surface area contributed by atoms with Crippen molar-refractivity contribution in [3.05, 3.63) is 181 Å². The van der Waals surface area contributed by atoms with Crippen LogP contribution in [0.1, 0.15) is 55.1 Å². The van der Waals surface area contributed by atoms with Gasteiger partial charge in [-0.2, -0.15) is 0 Å². The van der Waals surface area contributed by atoms with Crippen molar-refractivity contribution in [2.45, 2.75) is 43.9 Å². The Morgan fingerprint density at radius 1 is 0.489 bits per heavy atom. The lowest BCUT2D eigenvalue weighted by Crippen LogP contribution is -2.27. The SMILES string of the molecule is CCCCN(P(c1ccccc1)c1ccccc1)P1[C@H](c2ccc(-c3ccccc3)cc2)CC[C@H]1c1ccc(-c2ccccc2)cc1. The monoisotopic (exact) mass is 647 g/mol. The molecule has 7 rings (SSSR count). The molecule has 1 nitrogen and oxygen atoms in total.